The Morgan fingerprint density at radius 3 is 2.72 bits per heavy atom. The summed E-state index contributed by atoms with van der Waals surface area (Å²) in [5.41, 5.74) is 1.56. The molecule has 4 rings (SSSR count). The summed E-state index contributed by atoms with van der Waals surface area (Å²) in [6.07, 6.45) is 0.488. The van der Waals surface area contributed by atoms with E-state index < -0.39 is 5.91 Å². The highest BCUT2D eigenvalue weighted by Crippen LogP contribution is 2.28. The lowest BCUT2D eigenvalue weighted by atomic mass is 10.1. The van der Waals surface area contributed by atoms with Crippen LogP contribution in [0, 0.1) is 0 Å². The minimum atomic E-state index is -0.473. The first-order chi connectivity index (χ1) is 14.2. The molecule has 1 N–H and O–H groups in total. The van der Waals surface area contributed by atoms with Crippen LogP contribution in [-0.4, -0.2) is 29.0 Å². The van der Waals surface area contributed by atoms with Gasteiger partial charge in [0.05, 0.1) is 13.5 Å². The molecule has 8 heteroatoms. The molecule has 0 bridgehead atoms. The second kappa shape index (κ2) is 8.40. The number of ether oxygens (including phenoxy) is 1. The molecular weight excluding hydrogens is 390 g/mol. The molecule has 0 aliphatic heterocycles. The van der Waals surface area contributed by atoms with Crippen molar-refractivity contribution < 1.29 is 18.4 Å². The molecular formula is C21H19N3O4S. The number of carbonyl (C=O) groups excluding carboxylic acids is 1. The second-order valence-electron chi connectivity index (χ2n) is 6.20. The number of aromatic nitrogens is 2. The third-order valence-electron chi connectivity index (χ3n) is 4.23. The summed E-state index contributed by atoms with van der Waals surface area (Å²) in [5, 5.41) is 11.2. The number of anilines is 1. The zero-order valence-electron chi connectivity index (χ0n) is 16.0. The Balaban J connectivity index is 1.44. The number of hydrogen-bond donors (Lipinski definition) is 1. The average molecular weight is 409 g/mol. The van der Waals surface area contributed by atoms with Crippen LogP contribution in [0.5, 0.6) is 5.75 Å². The summed E-state index contributed by atoms with van der Waals surface area (Å²) >= 11 is 1.79. The van der Waals surface area contributed by atoms with Crippen LogP contribution in [0.15, 0.2) is 62.3 Å². The Morgan fingerprint density at radius 1 is 1.14 bits per heavy atom. The molecule has 0 atom stereocenters. The van der Waals surface area contributed by atoms with Gasteiger partial charge in [0.25, 0.3) is 5.91 Å². The van der Waals surface area contributed by atoms with Crippen molar-refractivity contribution in [2.24, 2.45) is 0 Å². The van der Waals surface area contributed by atoms with Gasteiger partial charge in [0.1, 0.15) is 0 Å². The van der Waals surface area contributed by atoms with E-state index in [1.807, 2.05) is 24.3 Å². The predicted molar refractivity (Wildman–Crippen MR) is 111 cm³/mol. The molecule has 0 fully saturated rings. The standard InChI is InChI=1S/C21H19N3O4S/c1-3-29-15-9-7-13(8-10-15)11-18-23-24-21(28-18)22-20(25)17-12-14-5-4-6-16(26-2)19(14)27-17/h4-10,12H,3,11H2,1-2H3,(H,22,24,25). The van der Waals surface area contributed by atoms with Crippen molar-refractivity contribution in [3.63, 3.8) is 0 Å². The molecule has 2 aromatic carbocycles. The average Bonchev–Trinajstić information content (AvgIpc) is 3.36. The maximum Gasteiger partial charge on any atom is 0.322 e. The number of thioether (sulfide) groups is 1. The van der Waals surface area contributed by atoms with Gasteiger partial charge in [-0.2, -0.15) is 0 Å². The highest BCUT2D eigenvalue weighted by Gasteiger charge is 2.17. The van der Waals surface area contributed by atoms with Gasteiger partial charge >= 0.3 is 6.01 Å². The highest BCUT2D eigenvalue weighted by molar-refractivity contribution is 7.99. The quantitative estimate of drug-likeness (QED) is 0.439. The van der Waals surface area contributed by atoms with E-state index >= 15 is 0 Å². The van der Waals surface area contributed by atoms with Crippen molar-refractivity contribution in [2.45, 2.75) is 18.2 Å². The molecule has 0 aliphatic carbocycles. The van der Waals surface area contributed by atoms with Crippen LogP contribution < -0.4 is 10.1 Å². The topological polar surface area (TPSA) is 90.4 Å². The summed E-state index contributed by atoms with van der Waals surface area (Å²) in [5.74, 6) is 1.67. The first-order valence-electron chi connectivity index (χ1n) is 9.08. The van der Waals surface area contributed by atoms with E-state index in [9.17, 15) is 4.79 Å². The number of nitrogens with zero attached hydrogens (tertiary/aromatic N) is 2. The van der Waals surface area contributed by atoms with Crippen molar-refractivity contribution in [1.29, 1.82) is 0 Å². The maximum atomic E-state index is 12.5. The number of fused-ring (bicyclic) bond motifs is 1. The zero-order chi connectivity index (χ0) is 20.2. The fourth-order valence-electron chi connectivity index (χ4n) is 2.89. The molecule has 2 heterocycles. The summed E-state index contributed by atoms with van der Waals surface area (Å²) < 4.78 is 16.4. The monoisotopic (exact) mass is 409 g/mol. The number of para-hydroxylation sites is 1. The van der Waals surface area contributed by atoms with Crippen LogP contribution in [0.3, 0.4) is 0 Å². The van der Waals surface area contributed by atoms with E-state index in [1.165, 1.54) is 4.90 Å². The Kier molecular flexibility index (Phi) is 5.53. The van der Waals surface area contributed by atoms with Gasteiger partial charge in [-0.15, -0.1) is 16.9 Å². The minimum Gasteiger partial charge on any atom is -0.493 e. The first-order valence-corrected chi connectivity index (χ1v) is 10.1. The number of hydrogen-bond acceptors (Lipinski definition) is 7. The first kappa shape index (κ1) is 19.1. The molecule has 0 aliphatic rings. The largest absolute Gasteiger partial charge is 0.493 e. The van der Waals surface area contributed by atoms with Crippen LogP contribution in [0.4, 0.5) is 6.01 Å². The van der Waals surface area contributed by atoms with Gasteiger partial charge in [0.2, 0.25) is 5.89 Å². The summed E-state index contributed by atoms with van der Waals surface area (Å²) in [6, 6.07) is 15.3. The number of methoxy groups -OCH3 is 1. The number of furan rings is 1. The van der Waals surface area contributed by atoms with Crippen LogP contribution in [0.1, 0.15) is 28.9 Å². The molecule has 0 unspecified atom stereocenters. The van der Waals surface area contributed by atoms with Crippen molar-refractivity contribution in [1.82, 2.24) is 10.2 Å². The minimum absolute atomic E-state index is 0.0237. The smallest absolute Gasteiger partial charge is 0.322 e. The molecule has 29 heavy (non-hydrogen) atoms. The van der Waals surface area contributed by atoms with E-state index in [-0.39, 0.29) is 11.8 Å². The lowest BCUT2D eigenvalue weighted by Crippen LogP contribution is -2.11. The normalized spacial score (nSPS) is 11.0. The summed E-state index contributed by atoms with van der Waals surface area (Å²) in [6.45, 7) is 2.12. The summed E-state index contributed by atoms with van der Waals surface area (Å²) in [7, 11) is 1.55. The van der Waals surface area contributed by atoms with Gasteiger partial charge in [0.15, 0.2) is 17.1 Å². The lowest BCUT2D eigenvalue weighted by molar-refractivity contribution is 0.0995. The fourth-order valence-corrected chi connectivity index (χ4v) is 3.55. The number of benzene rings is 2. The zero-order valence-corrected chi connectivity index (χ0v) is 16.8. The van der Waals surface area contributed by atoms with Gasteiger partial charge in [-0.1, -0.05) is 36.3 Å². The third-order valence-corrected chi connectivity index (χ3v) is 5.12. The molecule has 0 saturated heterocycles. The van der Waals surface area contributed by atoms with Crippen molar-refractivity contribution in [2.75, 3.05) is 18.2 Å². The van der Waals surface area contributed by atoms with Crippen LogP contribution in [0.2, 0.25) is 0 Å². The Hall–Kier alpha value is -3.26. The number of nitrogens with one attached hydrogen (secondary N) is 1. The molecule has 148 valence electrons. The Bertz CT molecular complexity index is 1130. The Morgan fingerprint density at radius 2 is 1.97 bits per heavy atom. The number of carbonyl (C=O) groups is 1. The molecule has 0 radical (unpaired) electrons. The molecule has 0 spiro atoms. The molecule has 4 aromatic rings. The van der Waals surface area contributed by atoms with Gasteiger partial charge in [0, 0.05) is 10.3 Å². The van der Waals surface area contributed by atoms with Crippen LogP contribution in [-0.2, 0) is 6.42 Å². The number of rotatable bonds is 7. The molecule has 7 nitrogen and oxygen atoms in total. The SMILES string of the molecule is CCSc1ccc(Cc2nnc(NC(=O)c3cc4cccc(OC)c4o3)o2)cc1. The van der Waals surface area contributed by atoms with Gasteiger partial charge in [-0.05, 0) is 35.6 Å². The van der Waals surface area contributed by atoms with E-state index in [1.54, 1.807) is 31.0 Å². The molecule has 1 amide bonds. The fraction of sp³-hybridized carbons (Fsp3) is 0.190. The van der Waals surface area contributed by atoms with Crippen molar-refractivity contribution >= 4 is 34.7 Å². The number of amides is 1. The van der Waals surface area contributed by atoms with Gasteiger partial charge in [-0.25, -0.2) is 0 Å². The maximum absolute atomic E-state index is 12.5. The van der Waals surface area contributed by atoms with E-state index in [0.717, 1.165) is 16.7 Å². The molecule has 2 aromatic heterocycles. The van der Waals surface area contributed by atoms with Gasteiger partial charge < -0.3 is 13.6 Å². The van der Waals surface area contributed by atoms with Crippen molar-refractivity contribution in [3.05, 3.63) is 65.7 Å². The van der Waals surface area contributed by atoms with Crippen molar-refractivity contribution in [3.8, 4) is 5.75 Å². The van der Waals surface area contributed by atoms with Crippen LogP contribution >= 0.6 is 11.8 Å². The molecule has 0 saturated carbocycles. The summed E-state index contributed by atoms with van der Waals surface area (Å²) in [4.78, 5) is 13.7. The van der Waals surface area contributed by atoms with Crippen LogP contribution in [0.25, 0.3) is 11.0 Å². The third kappa shape index (κ3) is 4.27. The second-order valence-corrected chi connectivity index (χ2v) is 7.54. The van der Waals surface area contributed by atoms with E-state index in [4.69, 9.17) is 13.6 Å². The van der Waals surface area contributed by atoms with E-state index in [2.05, 4.69) is 34.6 Å². The van der Waals surface area contributed by atoms with E-state index in [0.29, 0.717) is 23.6 Å². The Labute approximate surface area is 171 Å². The predicted octanol–water partition coefficient (Wildman–Crippen LogP) is 4.78. The highest BCUT2D eigenvalue weighted by atomic mass is 32.2. The van der Waals surface area contributed by atoms with Gasteiger partial charge in [-0.3, -0.25) is 10.1 Å². The lowest BCUT2D eigenvalue weighted by Gasteiger charge is -2.00.